The lowest BCUT2D eigenvalue weighted by molar-refractivity contribution is 0.101. The summed E-state index contributed by atoms with van der Waals surface area (Å²) in [6, 6.07) is 5.53. The van der Waals surface area contributed by atoms with Gasteiger partial charge in [-0.2, -0.15) is 0 Å². The smallest absolute Gasteiger partial charge is 0.159 e. The first-order valence-corrected chi connectivity index (χ1v) is 7.19. The number of anilines is 1. The Morgan fingerprint density at radius 3 is 2.63 bits per heavy atom. The fourth-order valence-corrected chi connectivity index (χ4v) is 2.78. The van der Waals surface area contributed by atoms with Crippen molar-refractivity contribution in [1.82, 2.24) is 4.90 Å². The van der Waals surface area contributed by atoms with Crippen LogP contribution in [0.4, 0.5) is 5.69 Å². The van der Waals surface area contributed by atoms with Gasteiger partial charge in [0.05, 0.1) is 10.7 Å². The van der Waals surface area contributed by atoms with Crippen molar-refractivity contribution in [3.8, 4) is 0 Å². The summed E-state index contributed by atoms with van der Waals surface area (Å²) in [5, 5.41) is 0.650. The van der Waals surface area contributed by atoms with E-state index in [-0.39, 0.29) is 5.78 Å². The van der Waals surface area contributed by atoms with Gasteiger partial charge in [-0.1, -0.05) is 11.6 Å². The largest absolute Gasteiger partial charge is 0.372 e. The molecular weight excluding hydrogens is 260 g/mol. The zero-order valence-corrected chi connectivity index (χ0v) is 12.4. The van der Waals surface area contributed by atoms with Gasteiger partial charge in [0, 0.05) is 25.7 Å². The number of halogens is 1. The van der Waals surface area contributed by atoms with E-state index >= 15 is 0 Å². The molecule has 2 rings (SSSR count). The molecular formula is C15H21ClN2O. The van der Waals surface area contributed by atoms with Crippen LogP contribution in [0.1, 0.15) is 30.1 Å². The highest BCUT2D eigenvalue weighted by atomic mass is 35.5. The minimum absolute atomic E-state index is 0.0492. The van der Waals surface area contributed by atoms with Crippen molar-refractivity contribution in [1.29, 1.82) is 0 Å². The van der Waals surface area contributed by atoms with Crippen LogP contribution in [0.2, 0.25) is 5.02 Å². The Balaban J connectivity index is 1.98. The van der Waals surface area contributed by atoms with Gasteiger partial charge in [0.2, 0.25) is 0 Å². The third-order valence-electron chi connectivity index (χ3n) is 3.72. The Morgan fingerprint density at radius 2 is 2.05 bits per heavy atom. The highest BCUT2D eigenvalue weighted by molar-refractivity contribution is 6.33. The molecule has 1 aliphatic rings. The van der Waals surface area contributed by atoms with Gasteiger partial charge in [0.15, 0.2) is 5.78 Å². The van der Waals surface area contributed by atoms with Gasteiger partial charge in [0.1, 0.15) is 0 Å². The van der Waals surface area contributed by atoms with E-state index in [2.05, 4.69) is 9.80 Å². The maximum Gasteiger partial charge on any atom is 0.159 e. The minimum atomic E-state index is 0.0492. The third-order valence-corrected chi connectivity index (χ3v) is 4.02. The minimum Gasteiger partial charge on any atom is -0.372 e. The molecule has 0 aromatic heterocycles. The van der Waals surface area contributed by atoms with E-state index in [1.165, 1.54) is 25.9 Å². The second-order valence-electron chi connectivity index (χ2n) is 5.19. The fourth-order valence-electron chi connectivity index (χ4n) is 2.45. The van der Waals surface area contributed by atoms with Crippen LogP contribution in [-0.2, 0) is 0 Å². The summed E-state index contributed by atoms with van der Waals surface area (Å²) in [7, 11) is 2.05. The van der Waals surface area contributed by atoms with Crippen molar-refractivity contribution < 1.29 is 4.79 Å². The van der Waals surface area contributed by atoms with E-state index in [1.807, 2.05) is 19.2 Å². The highest BCUT2D eigenvalue weighted by Crippen LogP contribution is 2.26. The molecule has 0 saturated carbocycles. The van der Waals surface area contributed by atoms with Gasteiger partial charge in [0.25, 0.3) is 0 Å². The number of carbonyl (C=O) groups is 1. The summed E-state index contributed by atoms with van der Waals surface area (Å²) >= 11 is 6.26. The average Bonchev–Trinajstić information content (AvgIpc) is 2.88. The number of likely N-dealkylation sites (N-methyl/N-ethyl adjacent to an activating group) is 1. The lowest BCUT2D eigenvalue weighted by atomic mass is 10.1. The van der Waals surface area contributed by atoms with Crippen molar-refractivity contribution in [2.45, 2.75) is 19.8 Å². The van der Waals surface area contributed by atoms with Crippen molar-refractivity contribution in [2.75, 3.05) is 38.1 Å². The Morgan fingerprint density at radius 1 is 1.37 bits per heavy atom. The molecule has 0 radical (unpaired) electrons. The normalized spacial score (nSPS) is 15.7. The van der Waals surface area contributed by atoms with Crippen LogP contribution in [0.25, 0.3) is 0 Å². The second kappa shape index (κ2) is 6.40. The van der Waals surface area contributed by atoms with Crippen LogP contribution < -0.4 is 4.90 Å². The summed E-state index contributed by atoms with van der Waals surface area (Å²) in [6.07, 6.45) is 2.63. The van der Waals surface area contributed by atoms with Crippen LogP contribution in [0, 0.1) is 0 Å². The Labute approximate surface area is 120 Å². The van der Waals surface area contributed by atoms with Crippen molar-refractivity contribution >= 4 is 23.1 Å². The lowest BCUT2D eigenvalue weighted by Crippen LogP contribution is -2.31. The summed E-state index contributed by atoms with van der Waals surface area (Å²) in [4.78, 5) is 15.9. The summed E-state index contributed by atoms with van der Waals surface area (Å²) < 4.78 is 0. The lowest BCUT2D eigenvalue weighted by Gasteiger charge is -2.24. The first-order valence-electron chi connectivity index (χ1n) is 6.82. The van der Waals surface area contributed by atoms with Crippen LogP contribution in [0.3, 0.4) is 0 Å². The first-order chi connectivity index (χ1) is 9.08. The third kappa shape index (κ3) is 3.71. The molecule has 0 bridgehead atoms. The predicted octanol–water partition coefficient (Wildman–Crippen LogP) is 3.07. The standard InChI is InChI=1S/C15H21ClN2O/c1-12(19)13-5-6-15(14(16)11-13)17(2)9-10-18-7-3-4-8-18/h5-6,11H,3-4,7-10H2,1-2H3. The molecule has 4 heteroatoms. The number of ketones is 1. The molecule has 0 spiro atoms. The van der Waals surface area contributed by atoms with Crippen LogP contribution >= 0.6 is 11.6 Å². The molecule has 1 aromatic carbocycles. The van der Waals surface area contributed by atoms with Gasteiger partial charge in [-0.3, -0.25) is 4.79 Å². The van der Waals surface area contributed by atoms with Gasteiger partial charge in [-0.05, 0) is 51.1 Å². The molecule has 1 fully saturated rings. The zero-order valence-electron chi connectivity index (χ0n) is 11.7. The van der Waals surface area contributed by atoms with E-state index in [9.17, 15) is 4.79 Å². The Bertz CT molecular complexity index is 455. The number of nitrogens with zero attached hydrogens (tertiary/aromatic N) is 2. The van der Waals surface area contributed by atoms with Gasteiger partial charge >= 0.3 is 0 Å². The van der Waals surface area contributed by atoms with E-state index < -0.39 is 0 Å². The van der Waals surface area contributed by atoms with Crippen molar-refractivity contribution in [2.24, 2.45) is 0 Å². The van der Waals surface area contributed by atoms with Gasteiger partial charge in [-0.25, -0.2) is 0 Å². The zero-order chi connectivity index (χ0) is 13.8. The molecule has 0 unspecified atom stereocenters. The number of Topliss-reactive ketones (excluding diaryl/α,β-unsaturated/α-hetero) is 1. The van der Waals surface area contributed by atoms with E-state index in [1.54, 1.807) is 13.0 Å². The van der Waals surface area contributed by atoms with Crippen LogP contribution in [0.5, 0.6) is 0 Å². The molecule has 1 aromatic rings. The quantitative estimate of drug-likeness (QED) is 0.775. The molecule has 0 atom stereocenters. The molecule has 0 amide bonds. The molecule has 0 N–H and O–H groups in total. The topological polar surface area (TPSA) is 23.6 Å². The first kappa shape index (κ1) is 14.4. The summed E-state index contributed by atoms with van der Waals surface area (Å²) in [5.74, 6) is 0.0492. The van der Waals surface area contributed by atoms with E-state index in [0.29, 0.717) is 10.6 Å². The maximum absolute atomic E-state index is 11.3. The van der Waals surface area contributed by atoms with E-state index in [0.717, 1.165) is 18.8 Å². The van der Waals surface area contributed by atoms with Crippen LogP contribution in [-0.4, -0.2) is 43.9 Å². The number of hydrogen-bond acceptors (Lipinski definition) is 3. The van der Waals surface area contributed by atoms with Crippen LogP contribution in [0.15, 0.2) is 18.2 Å². The molecule has 104 valence electrons. The van der Waals surface area contributed by atoms with Gasteiger partial charge in [-0.15, -0.1) is 0 Å². The number of benzene rings is 1. The average molecular weight is 281 g/mol. The Hall–Kier alpha value is -1.06. The predicted molar refractivity (Wildman–Crippen MR) is 80.4 cm³/mol. The number of rotatable bonds is 5. The number of likely N-dealkylation sites (tertiary alicyclic amines) is 1. The highest BCUT2D eigenvalue weighted by Gasteiger charge is 2.13. The van der Waals surface area contributed by atoms with Gasteiger partial charge < -0.3 is 9.80 Å². The Kier molecular flexibility index (Phi) is 4.83. The molecule has 19 heavy (non-hydrogen) atoms. The summed E-state index contributed by atoms with van der Waals surface area (Å²) in [6.45, 7) is 6.01. The molecule has 1 aliphatic heterocycles. The number of hydrogen-bond donors (Lipinski definition) is 0. The van der Waals surface area contributed by atoms with E-state index in [4.69, 9.17) is 11.6 Å². The monoisotopic (exact) mass is 280 g/mol. The summed E-state index contributed by atoms with van der Waals surface area (Å²) in [5.41, 5.74) is 1.66. The van der Waals surface area contributed by atoms with Crippen molar-refractivity contribution in [3.05, 3.63) is 28.8 Å². The molecule has 0 aliphatic carbocycles. The fraction of sp³-hybridized carbons (Fsp3) is 0.533. The maximum atomic E-state index is 11.3. The second-order valence-corrected chi connectivity index (χ2v) is 5.60. The molecule has 1 heterocycles. The SMILES string of the molecule is CC(=O)c1ccc(N(C)CCN2CCCC2)c(Cl)c1. The number of carbonyl (C=O) groups excluding carboxylic acids is 1. The molecule has 1 saturated heterocycles. The van der Waals surface area contributed by atoms with Crippen molar-refractivity contribution in [3.63, 3.8) is 0 Å². The molecule has 3 nitrogen and oxygen atoms in total.